The Hall–Kier alpha value is -2.32. The summed E-state index contributed by atoms with van der Waals surface area (Å²) in [7, 11) is 0. The number of hydrogen-bond acceptors (Lipinski definition) is 3. The van der Waals surface area contributed by atoms with Crippen molar-refractivity contribution in [2.24, 2.45) is 4.99 Å². The molecule has 0 unspecified atom stereocenters. The fraction of sp³-hybridized carbons (Fsp3) is 0.417. The van der Waals surface area contributed by atoms with Gasteiger partial charge in [-0.2, -0.15) is 18.4 Å². The third-order valence-electron chi connectivity index (χ3n) is 5.44. The highest BCUT2D eigenvalue weighted by Crippen LogP contribution is 2.30. The first-order chi connectivity index (χ1) is 15.4. The van der Waals surface area contributed by atoms with E-state index in [4.69, 9.17) is 5.26 Å². The Labute approximate surface area is 210 Å². The van der Waals surface area contributed by atoms with Crippen molar-refractivity contribution in [1.29, 1.82) is 5.26 Å². The maximum absolute atomic E-state index is 12.9. The van der Waals surface area contributed by atoms with Crippen LogP contribution in [-0.4, -0.2) is 36.5 Å². The van der Waals surface area contributed by atoms with Gasteiger partial charge < -0.3 is 10.6 Å². The number of halogens is 4. The maximum Gasteiger partial charge on any atom is 0.416 e. The molecule has 33 heavy (non-hydrogen) atoms. The molecular weight excluding hydrogens is 542 g/mol. The van der Waals surface area contributed by atoms with Crippen LogP contribution in [0.4, 0.5) is 13.2 Å². The van der Waals surface area contributed by atoms with Crippen molar-refractivity contribution >= 4 is 29.9 Å². The van der Waals surface area contributed by atoms with Crippen LogP contribution in [0.3, 0.4) is 0 Å². The summed E-state index contributed by atoms with van der Waals surface area (Å²) in [6.07, 6.45) is -2.53. The molecule has 0 spiro atoms. The lowest BCUT2D eigenvalue weighted by Crippen LogP contribution is -2.48. The molecule has 1 aliphatic heterocycles. The first-order valence-electron chi connectivity index (χ1n) is 10.8. The van der Waals surface area contributed by atoms with E-state index in [0.29, 0.717) is 24.2 Å². The van der Waals surface area contributed by atoms with Crippen molar-refractivity contribution in [2.45, 2.75) is 45.1 Å². The molecule has 2 N–H and O–H groups in total. The summed E-state index contributed by atoms with van der Waals surface area (Å²) in [4.78, 5) is 6.83. The molecule has 0 amide bonds. The second-order valence-corrected chi connectivity index (χ2v) is 7.90. The van der Waals surface area contributed by atoms with Crippen molar-refractivity contribution in [2.75, 3.05) is 19.6 Å². The Balaban J connectivity index is 0.00000385. The monoisotopic (exact) mass is 571 g/mol. The topological polar surface area (TPSA) is 63.5 Å². The molecule has 178 valence electrons. The summed E-state index contributed by atoms with van der Waals surface area (Å²) >= 11 is 0. The Morgan fingerprint density at radius 3 is 2.42 bits per heavy atom. The van der Waals surface area contributed by atoms with Gasteiger partial charge in [-0.25, -0.2) is 4.99 Å². The van der Waals surface area contributed by atoms with Crippen molar-refractivity contribution in [3.8, 4) is 6.07 Å². The molecule has 0 bridgehead atoms. The van der Waals surface area contributed by atoms with Crippen LogP contribution in [0.1, 0.15) is 42.0 Å². The van der Waals surface area contributed by atoms with E-state index in [1.807, 2.05) is 19.1 Å². The van der Waals surface area contributed by atoms with Crippen LogP contribution in [0.25, 0.3) is 0 Å². The van der Waals surface area contributed by atoms with Crippen LogP contribution in [0, 0.1) is 11.3 Å². The molecule has 1 aliphatic rings. The molecule has 1 heterocycles. The lowest BCUT2D eigenvalue weighted by atomic mass is 10.0. The van der Waals surface area contributed by atoms with Crippen LogP contribution >= 0.6 is 24.0 Å². The summed E-state index contributed by atoms with van der Waals surface area (Å²) in [5, 5.41) is 15.6. The van der Waals surface area contributed by atoms with E-state index < -0.39 is 11.7 Å². The molecule has 3 rings (SSSR count). The van der Waals surface area contributed by atoms with Gasteiger partial charge in [0, 0.05) is 32.2 Å². The molecule has 0 aliphatic carbocycles. The van der Waals surface area contributed by atoms with Gasteiger partial charge in [0.2, 0.25) is 0 Å². The summed E-state index contributed by atoms with van der Waals surface area (Å²) in [6, 6.07) is 15.3. The number of nitrogens with zero attached hydrogens (tertiary/aromatic N) is 3. The average Bonchev–Trinajstić information content (AvgIpc) is 2.79. The van der Waals surface area contributed by atoms with Gasteiger partial charge in [0.1, 0.15) is 0 Å². The lowest BCUT2D eigenvalue weighted by Gasteiger charge is -2.33. The predicted octanol–water partition coefficient (Wildman–Crippen LogP) is 4.91. The van der Waals surface area contributed by atoms with E-state index in [2.05, 4.69) is 26.6 Å². The predicted molar refractivity (Wildman–Crippen MR) is 134 cm³/mol. The van der Waals surface area contributed by atoms with Gasteiger partial charge in [-0.15, -0.1) is 24.0 Å². The van der Waals surface area contributed by atoms with Crippen LogP contribution in [-0.2, 0) is 19.3 Å². The first-order valence-corrected chi connectivity index (χ1v) is 10.8. The summed E-state index contributed by atoms with van der Waals surface area (Å²) < 4.78 is 38.8. The molecule has 1 fully saturated rings. The van der Waals surface area contributed by atoms with Crippen molar-refractivity contribution < 1.29 is 13.2 Å². The van der Waals surface area contributed by atoms with Gasteiger partial charge in [0.15, 0.2) is 5.96 Å². The van der Waals surface area contributed by atoms with E-state index in [0.717, 1.165) is 50.1 Å². The van der Waals surface area contributed by atoms with Gasteiger partial charge in [-0.1, -0.05) is 30.3 Å². The van der Waals surface area contributed by atoms with E-state index in [1.165, 1.54) is 12.1 Å². The molecule has 0 saturated carbocycles. The summed E-state index contributed by atoms with van der Waals surface area (Å²) in [6.45, 7) is 5.40. The van der Waals surface area contributed by atoms with Crippen LogP contribution in [0.2, 0.25) is 0 Å². The van der Waals surface area contributed by atoms with Gasteiger partial charge in [-0.3, -0.25) is 4.90 Å². The van der Waals surface area contributed by atoms with E-state index in [9.17, 15) is 13.2 Å². The number of guanidine groups is 1. The van der Waals surface area contributed by atoms with E-state index in [-0.39, 0.29) is 30.0 Å². The van der Waals surface area contributed by atoms with Crippen LogP contribution in [0.5, 0.6) is 0 Å². The molecule has 0 radical (unpaired) electrons. The van der Waals surface area contributed by atoms with E-state index in [1.54, 1.807) is 18.2 Å². The van der Waals surface area contributed by atoms with Gasteiger partial charge in [0.05, 0.1) is 23.7 Å². The highest BCUT2D eigenvalue weighted by molar-refractivity contribution is 14.0. The lowest BCUT2D eigenvalue weighted by molar-refractivity contribution is -0.137. The quantitative estimate of drug-likeness (QED) is 0.294. The molecule has 0 aromatic heterocycles. The van der Waals surface area contributed by atoms with Crippen LogP contribution < -0.4 is 10.6 Å². The largest absolute Gasteiger partial charge is 0.416 e. The normalized spacial score (nSPS) is 15.4. The Morgan fingerprint density at radius 2 is 1.82 bits per heavy atom. The minimum Gasteiger partial charge on any atom is -0.357 e. The van der Waals surface area contributed by atoms with Gasteiger partial charge in [0.25, 0.3) is 0 Å². The molecule has 2 aromatic carbocycles. The molecule has 2 aromatic rings. The number of rotatable bonds is 6. The molecule has 5 nitrogen and oxygen atoms in total. The third-order valence-corrected chi connectivity index (χ3v) is 5.44. The van der Waals surface area contributed by atoms with Crippen molar-refractivity contribution in [3.63, 3.8) is 0 Å². The average molecular weight is 571 g/mol. The Morgan fingerprint density at radius 1 is 1.12 bits per heavy atom. The zero-order valence-corrected chi connectivity index (χ0v) is 20.9. The Bertz CT molecular complexity index is 946. The van der Waals surface area contributed by atoms with E-state index >= 15 is 0 Å². The molecule has 1 saturated heterocycles. The number of hydrogen-bond donors (Lipinski definition) is 2. The number of aliphatic imine (C=N–C) groups is 1. The smallest absolute Gasteiger partial charge is 0.357 e. The third kappa shape index (κ3) is 8.51. The number of piperidine rings is 1. The number of nitriles is 1. The number of benzene rings is 2. The standard InChI is InChI=1S/C24H28F3N5.HI/c1-2-29-23(30-16-19-8-6-18(15-28)7-9-19)31-22-10-12-32(13-11-22)17-20-4-3-5-21(14-20)24(25,26)27;/h3-9,14,22H,2,10-13,16-17H2,1H3,(H2,29,30,31);1H. The minimum absolute atomic E-state index is 0. The molecular formula is C24H29F3IN5. The minimum atomic E-state index is -4.31. The fourth-order valence-corrected chi connectivity index (χ4v) is 3.71. The van der Waals surface area contributed by atoms with Gasteiger partial charge >= 0.3 is 6.18 Å². The van der Waals surface area contributed by atoms with Crippen molar-refractivity contribution in [1.82, 2.24) is 15.5 Å². The fourth-order valence-electron chi connectivity index (χ4n) is 3.71. The highest BCUT2D eigenvalue weighted by Gasteiger charge is 2.30. The number of likely N-dealkylation sites (tertiary alicyclic amines) is 1. The summed E-state index contributed by atoms with van der Waals surface area (Å²) in [5.41, 5.74) is 1.74. The Kier molecular flexibility index (Phi) is 10.4. The zero-order valence-electron chi connectivity index (χ0n) is 18.5. The highest BCUT2D eigenvalue weighted by atomic mass is 127. The summed E-state index contributed by atoms with van der Waals surface area (Å²) in [5.74, 6) is 0.744. The zero-order chi connectivity index (χ0) is 23.0. The first kappa shape index (κ1) is 26.9. The van der Waals surface area contributed by atoms with Crippen molar-refractivity contribution in [3.05, 3.63) is 70.8 Å². The number of nitrogens with one attached hydrogen (secondary N) is 2. The second kappa shape index (κ2) is 12.8. The SMILES string of the molecule is CCNC(=NCc1ccc(C#N)cc1)NC1CCN(Cc2cccc(C(F)(F)F)c2)CC1.I. The molecule has 9 heteroatoms. The van der Waals surface area contributed by atoms with Gasteiger partial charge in [-0.05, 0) is 49.1 Å². The second-order valence-electron chi connectivity index (χ2n) is 7.90. The molecule has 0 atom stereocenters. The number of alkyl halides is 3. The van der Waals surface area contributed by atoms with Crippen LogP contribution in [0.15, 0.2) is 53.5 Å². The maximum atomic E-state index is 12.9.